The standard InChI is InChI=1S/C16H23NO2/c1-16(15(18)19-2,11-13-9-6-10-13)17-12-14-7-4-3-5-8-14/h3-5,7-8,13,17H,6,9-12H2,1-2H3. The van der Waals surface area contributed by atoms with Crippen LogP contribution in [0.15, 0.2) is 30.3 Å². The predicted octanol–water partition coefficient (Wildman–Crippen LogP) is 2.90. The lowest BCUT2D eigenvalue weighted by atomic mass is 9.76. The second-order valence-electron chi connectivity index (χ2n) is 5.66. The summed E-state index contributed by atoms with van der Waals surface area (Å²) in [6.07, 6.45) is 4.63. The Morgan fingerprint density at radius 1 is 1.37 bits per heavy atom. The van der Waals surface area contributed by atoms with Gasteiger partial charge in [-0.25, -0.2) is 0 Å². The van der Waals surface area contributed by atoms with Gasteiger partial charge in [0, 0.05) is 6.54 Å². The first-order valence-electron chi connectivity index (χ1n) is 7.01. The number of methoxy groups -OCH3 is 1. The van der Waals surface area contributed by atoms with Gasteiger partial charge in [0.2, 0.25) is 0 Å². The topological polar surface area (TPSA) is 38.3 Å². The van der Waals surface area contributed by atoms with Crippen molar-refractivity contribution in [2.45, 2.75) is 44.7 Å². The molecule has 1 saturated carbocycles. The minimum Gasteiger partial charge on any atom is -0.468 e. The molecule has 1 unspecified atom stereocenters. The fourth-order valence-electron chi connectivity index (χ4n) is 2.62. The Labute approximate surface area is 115 Å². The monoisotopic (exact) mass is 261 g/mol. The van der Waals surface area contributed by atoms with Gasteiger partial charge >= 0.3 is 5.97 Å². The molecule has 1 fully saturated rings. The van der Waals surface area contributed by atoms with E-state index in [1.807, 2.05) is 25.1 Å². The summed E-state index contributed by atoms with van der Waals surface area (Å²) in [5.41, 5.74) is 0.613. The average Bonchev–Trinajstić information content (AvgIpc) is 2.41. The van der Waals surface area contributed by atoms with Crippen molar-refractivity contribution in [2.24, 2.45) is 5.92 Å². The van der Waals surface area contributed by atoms with Crippen molar-refractivity contribution in [3.05, 3.63) is 35.9 Å². The lowest BCUT2D eigenvalue weighted by molar-refractivity contribution is -0.149. The molecule has 0 amide bonds. The van der Waals surface area contributed by atoms with Crippen LogP contribution < -0.4 is 5.32 Å². The third-order valence-electron chi connectivity index (χ3n) is 4.08. The van der Waals surface area contributed by atoms with Gasteiger partial charge in [-0.05, 0) is 24.8 Å². The first-order chi connectivity index (χ1) is 9.14. The van der Waals surface area contributed by atoms with Crippen LogP contribution in [0, 0.1) is 5.92 Å². The molecule has 1 aliphatic rings. The molecule has 0 bridgehead atoms. The number of ether oxygens (including phenoxy) is 1. The lowest BCUT2D eigenvalue weighted by Gasteiger charge is -2.35. The smallest absolute Gasteiger partial charge is 0.325 e. The Morgan fingerprint density at radius 3 is 2.58 bits per heavy atom. The second kappa shape index (κ2) is 6.20. The fraction of sp³-hybridized carbons (Fsp3) is 0.562. The highest BCUT2D eigenvalue weighted by atomic mass is 16.5. The van der Waals surface area contributed by atoms with E-state index in [0.29, 0.717) is 12.5 Å². The molecule has 0 radical (unpaired) electrons. The molecule has 1 N–H and O–H groups in total. The Balaban J connectivity index is 1.98. The number of carbonyl (C=O) groups excluding carboxylic acids is 1. The summed E-state index contributed by atoms with van der Waals surface area (Å²) >= 11 is 0. The summed E-state index contributed by atoms with van der Waals surface area (Å²) in [4.78, 5) is 12.0. The van der Waals surface area contributed by atoms with Crippen molar-refractivity contribution < 1.29 is 9.53 Å². The van der Waals surface area contributed by atoms with E-state index in [1.54, 1.807) is 0 Å². The van der Waals surface area contributed by atoms with Crippen molar-refractivity contribution in [2.75, 3.05) is 7.11 Å². The molecule has 0 heterocycles. The number of rotatable bonds is 6. The fourth-order valence-corrected chi connectivity index (χ4v) is 2.62. The van der Waals surface area contributed by atoms with Gasteiger partial charge in [-0.2, -0.15) is 0 Å². The van der Waals surface area contributed by atoms with Crippen molar-refractivity contribution in [3.63, 3.8) is 0 Å². The van der Waals surface area contributed by atoms with Crippen LogP contribution in [-0.2, 0) is 16.1 Å². The maximum atomic E-state index is 12.0. The summed E-state index contributed by atoms with van der Waals surface area (Å²) in [7, 11) is 1.46. The van der Waals surface area contributed by atoms with E-state index in [4.69, 9.17) is 4.74 Å². The lowest BCUT2D eigenvalue weighted by Crippen LogP contribution is -2.51. The van der Waals surface area contributed by atoms with Crippen LogP contribution >= 0.6 is 0 Å². The summed E-state index contributed by atoms with van der Waals surface area (Å²) in [5, 5.41) is 3.39. The molecule has 0 aromatic heterocycles. The maximum absolute atomic E-state index is 12.0. The average molecular weight is 261 g/mol. The number of hydrogen-bond acceptors (Lipinski definition) is 3. The van der Waals surface area contributed by atoms with Crippen LogP contribution in [0.4, 0.5) is 0 Å². The number of carbonyl (C=O) groups is 1. The number of benzene rings is 1. The predicted molar refractivity (Wildman–Crippen MR) is 75.7 cm³/mol. The molecule has 1 atom stereocenters. The quantitative estimate of drug-likeness (QED) is 0.800. The highest BCUT2D eigenvalue weighted by molar-refractivity contribution is 5.80. The van der Waals surface area contributed by atoms with Gasteiger partial charge in [-0.3, -0.25) is 10.1 Å². The van der Waals surface area contributed by atoms with Gasteiger partial charge in [0.15, 0.2) is 0 Å². The molecule has 3 nitrogen and oxygen atoms in total. The van der Waals surface area contributed by atoms with Gasteiger partial charge < -0.3 is 4.74 Å². The zero-order valence-corrected chi connectivity index (χ0v) is 11.8. The van der Waals surface area contributed by atoms with E-state index in [-0.39, 0.29) is 5.97 Å². The van der Waals surface area contributed by atoms with Crippen LogP contribution in [0.5, 0.6) is 0 Å². The van der Waals surface area contributed by atoms with E-state index < -0.39 is 5.54 Å². The van der Waals surface area contributed by atoms with E-state index in [1.165, 1.54) is 31.9 Å². The number of hydrogen-bond donors (Lipinski definition) is 1. The zero-order valence-electron chi connectivity index (χ0n) is 11.8. The maximum Gasteiger partial charge on any atom is 0.325 e. The Morgan fingerprint density at radius 2 is 2.05 bits per heavy atom. The summed E-state index contributed by atoms with van der Waals surface area (Å²) in [6, 6.07) is 10.1. The van der Waals surface area contributed by atoms with Crippen LogP contribution in [0.1, 0.15) is 38.2 Å². The second-order valence-corrected chi connectivity index (χ2v) is 5.66. The van der Waals surface area contributed by atoms with Gasteiger partial charge in [0.25, 0.3) is 0 Å². The van der Waals surface area contributed by atoms with Crippen molar-refractivity contribution >= 4 is 5.97 Å². The van der Waals surface area contributed by atoms with Gasteiger partial charge in [-0.15, -0.1) is 0 Å². The van der Waals surface area contributed by atoms with Gasteiger partial charge in [0.05, 0.1) is 7.11 Å². The molecule has 1 aliphatic carbocycles. The van der Waals surface area contributed by atoms with E-state index in [0.717, 1.165) is 6.42 Å². The molecule has 2 rings (SSSR count). The highest BCUT2D eigenvalue weighted by Crippen LogP contribution is 2.34. The zero-order chi connectivity index (χ0) is 13.7. The number of esters is 1. The molecule has 1 aromatic carbocycles. The van der Waals surface area contributed by atoms with Crippen LogP contribution in [0.2, 0.25) is 0 Å². The molecule has 0 saturated heterocycles. The normalized spacial score (nSPS) is 18.4. The van der Waals surface area contributed by atoms with Crippen LogP contribution in [0.25, 0.3) is 0 Å². The summed E-state index contributed by atoms with van der Waals surface area (Å²) in [5.74, 6) is 0.503. The minimum absolute atomic E-state index is 0.157. The molecule has 19 heavy (non-hydrogen) atoms. The van der Waals surface area contributed by atoms with E-state index in [2.05, 4.69) is 17.4 Å². The summed E-state index contributed by atoms with van der Waals surface area (Å²) in [6.45, 7) is 2.65. The first kappa shape index (κ1) is 14.1. The van der Waals surface area contributed by atoms with Crippen LogP contribution in [0.3, 0.4) is 0 Å². The van der Waals surface area contributed by atoms with E-state index >= 15 is 0 Å². The van der Waals surface area contributed by atoms with Crippen LogP contribution in [-0.4, -0.2) is 18.6 Å². The van der Waals surface area contributed by atoms with Gasteiger partial charge in [0.1, 0.15) is 5.54 Å². The van der Waals surface area contributed by atoms with Crippen molar-refractivity contribution in [1.82, 2.24) is 5.32 Å². The minimum atomic E-state index is -0.574. The Hall–Kier alpha value is -1.35. The molecule has 0 aliphatic heterocycles. The third-order valence-corrected chi connectivity index (χ3v) is 4.08. The van der Waals surface area contributed by atoms with Crippen molar-refractivity contribution in [3.8, 4) is 0 Å². The molecular weight excluding hydrogens is 238 g/mol. The first-order valence-corrected chi connectivity index (χ1v) is 7.01. The molecule has 3 heteroatoms. The third kappa shape index (κ3) is 3.57. The SMILES string of the molecule is COC(=O)C(C)(CC1CCC1)NCc1ccccc1. The Kier molecular flexibility index (Phi) is 4.59. The largest absolute Gasteiger partial charge is 0.468 e. The molecule has 1 aromatic rings. The number of nitrogens with one attached hydrogen (secondary N) is 1. The van der Waals surface area contributed by atoms with Gasteiger partial charge in [-0.1, -0.05) is 49.6 Å². The molecule has 104 valence electrons. The Bertz CT molecular complexity index is 414. The van der Waals surface area contributed by atoms with Crippen molar-refractivity contribution in [1.29, 1.82) is 0 Å². The molecular formula is C16H23NO2. The molecule has 0 spiro atoms. The highest BCUT2D eigenvalue weighted by Gasteiger charge is 2.37. The van der Waals surface area contributed by atoms with E-state index in [9.17, 15) is 4.79 Å². The summed E-state index contributed by atoms with van der Waals surface area (Å²) < 4.78 is 4.97.